The van der Waals surface area contributed by atoms with Crippen LogP contribution in [0.25, 0.3) is 22.5 Å². The summed E-state index contributed by atoms with van der Waals surface area (Å²) in [5, 5.41) is 49.1. The first-order chi connectivity index (χ1) is 21.2. The maximum Gasteiger partial charge on any atom is 0.194 e. The average Bonchev–Trinajstić information content (AvgIpc) is 3.70. The molecule has 2 aromatic heterocycles. The monoisotopic (exact) mass is 635 g/mol. The normalized spacial score (nSPS) is 30.0. The van der Waals surface area contributed by atoms with Gasteiger partial charge in [0.1, 0.15) is 23.5 Å². The van der Waals surface area contributed by atoms with Gasteiger partial charge in [-0.1, -0.05) is 22.6 Å². The Morgan fingerprint density at radius 2 is 1.66 bits per heavy atom. The molecule has 4 aromatic rings. The first-order valence-electron chi connectivity index (χ1n) is 13.9. The Kier molecular flexibility index (Phi) is 8.63. The molecule has 0 spiro atoms. The Balaban J connectivity index is 1.23. The second-order valence-corrected chi connectivity index (χ2v) is 13.6. The number of methoxy groups -OCH3 is 1. The maximum absolute atomic E-state index is 13.8. The number of nitrogen functional groups attached to an aromatic ring is 1. The minimum absolute atomic E-state index is 0.0339. The minimum atomic E-state index is -1.59. The molecule has 0 radical (unpaired) electrons. The second kappa shape index (κ2) is 12.5. The smallest absolute Gasteiger partial charge is 0.194 e. The summed E-state index contributed by atoms with van der Waals surface area (Å²) in [6, 6.07) is 7.44. The van der Waals surface area contributed by atoms with Crippen molar-refractivity contribution in [1.82, 2.24) is 30.0 Å². The van der Waals surface area contributed by atoms with Gasteiger partial charge in [-0.2, -0.15) is 0 Å². The predicted molar refractivity (Wildman–Crippen MR) is 155 cm³/mol. The maximum atomic E-state index is 13.8. The van der Waals surface area contributed by atoms with E-state index in [4.69, 9.17) is 15.2 Å². The molecule has 0 saturated carbocycles. The van der Waals surface area contributed by atoms with Crippen molar-refractivity contribution in [3.05, 3.63) is 66.2 Å². The van der Waals surface area contributed by atoms with Gasteiger partial charge in [0, 0.05) is 40.2 Å². The van der Waals surface area contributed by atoms with Crippen LogP contribution in [0.15, 0.2) is 48.8 Å². The van der Waals surface area contributed by atoms with Crippen LogP contribution >= 0.6 is 10.9 Å². The van der Waals surface area contributed by atoms with Gasteiger partial charge >= 0.3 is 0 Å². The molecule has 2 saturated heterocycles. The van der Waals surface area contributed by atoms with Gasteiger partial charge in [-0.05, 0) is 24.3 Å². The lowest BCUT2D eigenvalue weighted by atomic mass is 10.0. The van der Waals surface area contributed by atoms with Gasteiger partial charge in [-0.15, -0.1) is 10.2 Å². The average molecular weight is 636 g/mol. The third-order valence-corrected chi connectivity index (χ3v) is 11.8. The molecular formula is C28H32F3N7O5S. The molecule has 0 bridgehead atoms. The number of benzene rings is 2. The highest BCUT2D eigenvalue weighted by molar-refractivity contribution is 8.18. The fourth-order valence-electron chi connectivity index (χ4n) is 6.04. The number of ether oxygens (including phenoxy) is 2. The summed E-state index contributed by atoms with van der Waals surface area (Å²) >= 11 is 0. The lowest BCUT2D eigenvalue weighted by Gasteiger charge is -2.51. The molecule has 12 nitrogen and oxygen atoms in total. The number of aliphatic hydroxyl groups excluding tert-OH is 3. The van der Waals surface area contributed by atoms with Crippen LogP contribution in [0.5, 0.6) is 0 Å². The molecule has 6 rings (SSSR count). The van der Waals surface area contributed by atoms with Crippen molar-refractivity contribution in [3.8, 4) is 22.5 Å². The molecule has 8 atom stereocenters. The van der Waals surface area contributed by atoms with E-state index in [1.54, 1.807) is 23.0 Å². The summed E-state index contributed by atoms with van der Waals surface area (Å²) in [5.41, 5.74) is 7.87. The highest BCUT2D eigenvalue weighted by atomic mass is 32.2. The van der Waals surface area contributed by atoms with Gasteiger partial charge in [-0.3, -0.25) is 0 Å². The van der Waals surface area contributed by atoms with E-state index >= 15 is 0 Å². The van der Waals surface area contributed by atoms with E-state index < -0.39 is 69.2 Å². The number of hydrogen-bond donors (Lipinski definition) is 5. The number of aliphatic hydroxyl groups is 3. The highest BCUT2D eigenvalue weighted by Crippen LogP contribution is 2.51. The van der Waals surface area contributed by atoms with Crippen LogP contribution < -0.4 is 5.73 Å². The zero-order valence-corrected chi connectivity index (χ0v) is 24.4. The number of halogens is 3. The summed E-state index contributed by atoms with van der Waals surface area (Å²) < 4.78 is 55.8. The van der Waals surface area contributed by atoms with E-state index in [9.17, 15) is 28.5 Å². The van der Waals surface area contributed by atoms with Crippen LogP contribution in [0.3, 0.4) is 0 Å². The third-order valence-electron chi connectivity index (χ3n) is 8.35. The van der Waals surface area contributed by atoms with Crippen LogP contribution in [0.1, 0.15) is 12.1 Å². The molecule has 2 aromatic carbocycles. The molecule has 4 heterocycles. The Labute approximate surface area is 252 Å². The molecule has 5 N–H and O–H groups in total. The Bertz CT molecular complexity index is 1600. The Morgan fingerprint density at radius 3 is 2.34 bits per heavy atom. The lowest BCUT2D eigenvalue weighted by molar-refractivity contribution is -0.0339. The molecule has 2 aliphatic heterocycles. The Morgan fingerprint density at radius 1 is 0.977 bits per heavy atom. The summed E-state index contributed by atoms with van der Waals surface area (Å²) in [6.07, 6.45) is 0.364. The van der Waals surface area contributed by atoms with Crippen LogP contribution in [-0.2, 0) is 9.47 Å². The Hall–Kier alpha value is -3.54. The van der Waals surface area contributed by atoms with E-state index in [0.717, 1.165) is 17.7 Å². The molecule has 236 valence electrons. The molecule has 44 heavy (non-hydrogen) atoms. The molecule has 0 amide bonds. The van der Waals surface area contributed by atoms with Gasteiger partial charge < -0.3 is 30.5 Å². The van der Waals surface area contributed by atoms with E-state index in [1.165, 1.54) is 18.0 Å². The number of thiol groups is 1. The number of nitrogens with two attached hydrogens (primary N) is 1. The summed E-state index contributed by atoms with van der Waals surface area (Å²) in [5.74, 6) is -3.96. The first kappa shape index (κ1) is 30.5. The van der Waals surface area contributed by atoms with E-state index in [-0.39, 0.29) is 31.1 Å². The largest absolute Gasteiger partial charge is 0.399 e. The van der Waals surface area contributed by atoms with Crippen molar-refractivity contribution in [2.24, 2.45) is 0 Å². The minimum Gasteiger partial charge on any atom is -0.399 e. The number of aromatic nitrogens is 6. The standard InChI is InChI=1S/C28H32F3N7O5S/c1-42-22-13-44(24-12-43-11-21(27(24)40)37-8-19(33-35-37)14-3-2-4-16(32)5-14)23(10-39)28(41)26(22)38-9-20(34-36-38)15-6-17(29)25(31)18(30)7-15/h2-9,21-24,26-28,39-41,44H,10-13,32H2,1H3/t21-,22-,23+,24+,26+,27?,28-/m0/s1. The second-order valence-electron chi connectivity index (χ2n) is 10.9. The first-order valence-corrected chi connectivity index (χ1v) is 15.5. The lowest BCUT2D eigenvalue weighted by Crippen LogP contribution is -2.55. The van der Waals surface area contributed by atoms with Crippen LogP contribution in [0.4, 0.5) is 18.9 Å². The van der Waals surface area contributed by atoms with E-state index in [0.29, 0.717) is 17.1 Å². The van der Waals surface area contributed by atoms with Gasteiger partial charge in [-0.25, -0.2) is 33.4 Å². The molecule has 2 unspecified atom stereocenters. The van der Waals surface area contributed by atoms with Gasteiger partial charge in [0.25, 0.3) is 0 Å². The van der Waals surface area contributed by atoms with Gasteiger partial charge in [0.15, 0.2) is 17.5 Å². The predicted octanol–water partition coefficient (Wildman–Crippen LogP) is 1.50. The molecule has 0 aliphatic carbocycles. The fourth-order valence-corrected chi connectivity index (χ4v) is 9.53. The van der Waals surface area contributed by atoms with Crippen LogP contribution in [0, 0.1) is 17.5 Å². The number of anilines is 1. The quantitative estimate of drug-likeness (QED) is 0.114. The summed E-state index contributed by atoms with van der Waals surface area (Å²) in [7, 11) is 0.193. The van der Waals surface area contributed by atoms with Crippen LogP contribution in [0.2, 0.25) is 0 Å². The zero-order valence-electron chi connectivity index (χ0n) is 23.5. The molecule has 16 heteroatoms. The van der Waals surface area contributed by atoms with Crippen molar-refractivity contribution in [2.45, 2.75) is 40.9 Å². The number of hydrogen-bond acceptors (Lipinski definition) is 10. The van der Waals surface area contributed by atoms with Crippen molar-refractivity contribution in [1.29, 1.82) is 0 Å². The summed E-state index contributed by atoms with van der Waals surface area (Å²) in [4.78, 5) is 0. The van der Waals surface area contributed by atoms with Gasteiger partial charge in [0.2, 0.25) is 0 Å². The molecular weight excluding hydrogens is 603 g/mol. The molecule has 2 aliphatic rings. The number of nitrogens with zero attached hydrogens (tertiary/aromatic N) is 6. The van der Waals surface area contributed by atoms with E-state index in [2.05, 4.69) is 20.6 Å². The number of rotatable bonds is 7. The fraction of sp³-hybridized carbons (Fsp3) is 0.429. The topological polar surface area (TPSA) is 167 Å². The van der Waals surface area contributed by atoms with E-state index in [1.807, 2.05) is 12.1 Å². The molecule has 2 fully saturated rings. The zero-order chi connectivity index (χ0) is 31.1. The van der Waals surface area contributed by atoms with Crippen molar-refractivity contribution >= 4 is 16.6 Å². The van der Waals surface area contributed by atoms with Crippen molar-refractivity contribution < 1.29 is 38.0 Å². The van der Waals surface area contributed by atoms with Gasteiger partial charge in [0.05, 0.1) is 50.5 Å². The van der Waals surface area contributed by atoms with Crippen molar-refractivity contribution in [2.75, 3.05) is 38.4 Å². The third kappa shape index (κ3) is 5.57. The van der Waals surface area contributed by atoms with Crippen LogP contribution in [-0.4, -0.2) is 107 Å². The highest BCUT2D eigenvalue weighted by Gasteiger charge is 2.49. The summed E-state index contributed by atoms with van der Waals surface area (Å²) in [6.45, 7) is 0.0156. The SMILES string of the molecule is CO[C@H]1C[SH]([C@@H]2COC[C@H](n3cc(-c4cccc(N)c4)nn3)C2O)[C@H](CO)[C@H](O)[C@@H]1n1cc(-c2cc(F)c(F)c(F)c2)nn1. The van der Waals surface area contributed by atoms with Crippen molar-refractivity contribution in [3.63, 3.8) is 0 Å².